The van der Waals surface area contributed by atoms with E-state index >= 15 is 0 Å². The van der Waals surface area contributed by atoms with Crippen LogP contribution in [0, 0.1) is 17.2 Å². The Morgan fingerprint density at radius 1 is 1.25 bits per heavy atom. The fraction of sp³-hybridized carbons (Fsp3) is 0.833. The van der Waals surface area contributed by atoms with Crippen LogP contribution in [0.1, 0.15) is 25.7 Å². The third-order valence-corrected chi connectivity index (χ3v) is 1.54. The van der Waals surface area contributed by atoms with Crippen molar-refractivity contribution in [3.05, 3.63) is 0 Å². The van der Waals surface area contributed by atoms with Crippen molar-refractivity contribution in [1.29, 1.82) is 5.26 Å². The second kappa shape index (κ2) is 3.95. The van der Waals surface area contributed by atoms with E-state index in [9.17, 15) is 0 Å². The largest absolute Gasteiger partial charge is 0.198 e. The molecule has 0 aliphatic heterocycles. The Balaban J connectivity index is 0.000000490. The molecule has 1 nitrogen and oxygen atoms in total. The molecule has 46 valence electrons. The van der Waals surface area contributed by atoms with Gasteiger partial charge in [-0.05, 0) is 12.8 Å². The number of nitrogens with zero attached hydrogens (tertiary/aromatic N) is 1. The molecule has 1 saturated carbocycles. The molecule has 1 fully saturated rings. The van der Waals surface area contributed by atoms with E-state index in [1.807, 2.05) is 0 Å². The molecule has 0 aromatic carbocycles. The minimum absolute atomic E-state index is 0. The van der Waals surface area contributed by atoms with Gasteiger partial charge in [-0.25, -0.2) is 0 Å². The molecular formula is C6H9FeN. The van der Waals surface area contributed by atoms with Crippen LogP contribution < -0.4 is 0 Å². The van der Waals surface area contributed by atoms with Crippen molar-refractivity contribution < 1.29 is 17.1 Å². The van der Waals surface area contributed by atoms with Gasteiger partial charge < -0.3 is 0 Å². The van der Waals surface area contributed by atoms with Gasteiger partial charge in [0.05, 0.1) is 6.07 Å². The van der Waals surface area contributed by atoms with E-state index in [2.05, 4.69) is 6.07 Å². The molecule has 8 heavy (non-hydrogen) atoms. The second-order valence-electron chi connectivity index (χ2n) is 2.11. The summed E-state index contributed by atoms with van der Waals surface area (Å²) in [5.74, 6) is 0.403. The number of rotatable bonds is 0. The zero-order chi connectivity index (χ0) is 5.11. The van der Waals surface area contributed by atoms with Crippen LogP contribution in [0.5, 0.6) is 0 Å². The van der Waals surface area contributed by atoms with Crippen molar-refractivity contribution in [2.24, 2.45) is 5.92 Å². The van der Waals surface area contributed by atoms with Crippen molar-refractivity contribution in [3.8, 4) is 6.07 Å². The van der Waals surface area contributed by atoms with Crippen LogP contribution in [0.2, 0.25) is 0 Å². The van der Waals surface area contributed by atoms with Crippen molar-refractivity contribution in [2.45, 2.75) is 25.7 Å². The van der Waals surface area contributed by atoms with Crippen LogP contribution in [0.15, 0.2) is 0 Å². The number of hydrogen-bond acceptors (Lipinski definition) is 1. The molecule has 0 saturated heterocycles. The Hall–Kier alpha value is 0.00948. The molecule has 1 aliphatic rings. The smallest absolute Gasteiger partial charge is 0.0655 e. The summed E-state index contributed by atoms with van der Waals surface area (Å²) in [7, 11) is 0. The Morgan fingerprint density at radius 2 is 1.75 bits per heavy atom. The summed E-state index contributed by atoms with van der Waals surface area (Å²) in [6, 6.07) is 2.26. The van der Waals surface area contributed by atoms with Gasteiger partial charge in [-0.1, -0.05) is 12.8 Å². The van der Waals surface area contributed by atoms with Gasteiger partial charge in [-0.2, -0.15) is 5.26 Å². The van der Waals surface area contributed by atoms with Gasteiger partial charge in [0.15, 0.2) is 0 Å². The quantitative estimate of drug-likeness (QED) is 0.483. The summed E-state index contributed by atoms with van der Waals surface area (Å²) in [6.45, 7) is 0. The Labute approximate surface area is 60.5 Å². The Bertz CT molecular complexity index is 89.2. The fourth-order valence-corrected chi connectivity index (χ4v) is 1.05. The maximum Gasteiger partial charge on any atom is 0.0655 e. The Kier molecular flexibility index (Phi) is 3.95. The van der Waals surface area contributed by atoms with Crippen LogP contribution in [0.3, 0.4) is 0 Å². The standard InChI is InChI=1S/C6H9N.Fe/c7-5-6-3-1-2-4-6;/h6H,1-4H2;. The molecule has 0 aromatic heterocycles. The van der Waals surface area contributed by atoms with E-state index in [0.29, 0.717) is 5.92 Å². The molecule has 0 spiro atoms. The number of hydrogen-bond donors (Lipinski definition) is 0. The van der Waals surface area contributed by atoms with Crippen molar-refractivity contribution in [1.82, 2.24) is 0 Å². The van der Waals surface area contributed by atoms with Gasteiger partial charge in [-0.15, -0.1) is 0 Å². The average molecular weight is 151 g/mol. The zero-order valence-corrected chi connectivity index (χ0v) is 5.81. The van der Waals surface area contributed by atoms with Crippen molar-refractivity contribution in [2.75, 3.05) is 0 Å². The Morgan fingerprint density at radius 3 is 2.00 bits per heavy atom. The average Bonchev–Trinajstić information content (AvgIpc) is 2.14. The van der Waals surface area contributed by atoms with Gasteiger partial charge in [-0.3, -0.25) is 0 Å². The fourth-order valence-electron chi connectivity index (χ4n) is 1.05. The van der Waals surface area contributed by atoms with E-state index in [-0.39, 0.29) is 17.1 Å². The molecule has 2 heteroatoms. The van der Waals surface area contributed by atoms with E-state index in [1.165, 1.54) is 12.8 Å². The molecule has 0 bridgehead atoms. The van der Waals surface area contributed by atoms with E-state index in [1.54, 1.807) is 0 Å². The third kappa shape index (κ3) is 1.86. The predicted octanol–water partition coefficient (Wildman–Crippen LogP) is 1.70. The maximum absolute atomic E-state index is 8.32. The number of nitriles is 1. The van der Waals surface area contributed by atoms with Crippen LogP contribution in [0.25, 0.3) is 0 Å². The monoisotopic (exact) mass is 151 g/mol. The van der Waals surface area contributed by atoms with Gasteiger partial charge in [0.25, 0.3) is 0 Å². The first-order valence-corrected chi connectivity index (χ1v) is 2.83. The van der Waals surface area contributed by atoms with Crippen LogP contribution in [-0.2, 0) is 17.1 Å². The van der Waals surface area contributed by atoms with Crippen molar-refractivity contribution >= 4 is 0 Å². The second-order valence-corrected chi connectivity index (χ2v) is 2.11. The minimum Gasteiger partial charge on any atom is -0.198 e. The third-order valence-electron chi connectivity index (χ3n) is 1.54. The minimum atomic E-state index is 0. The predicted molar refractivity (Wildman–Crippen MR) is 27.6 cm³/mol. The van der Waals surface area contributed by atoms with Crippen LogP contribution in [0.4, 0.5) is 0 Å². The first-order chi connectivity index (χ1) is 3.43. The van der Waals surface area contributed by atoms with Crippen LogP contribution >= 0.6 is 0 Å². The molecule has 0 atom stereocenters. The molecular weight excluding hydrogens is 142 g/mol. The molecule has 0 heterocycles. The molecule has 0 N–H and O–H groups in total. The normalized spacial score (nSPS) is 19.4. The molecule has 0 unspecified atom stereocenters. The molecule has 1 rings (SSSR count). The van der Waals surface area contributed by atoms with Crippen molar-refractivity contribution in [3.63, 3.8) is 0 Å². The SMILES string of the molecule is N#CC1CCCC1.[Fe]. The first kappa shape index (κ1) is 8.01. The maximum atomic E-state index is 8.32. The zero-order valence-electron chi connectivity index (χ0n) is 4.71. The molecule has 0 amide bonds. The summed E-state index contributed by atoms with van der Waals surface area (Å²) in [6.07, 6.45) is 4.85. The summed E-state index contributed by atoms with van der Waals surface area (Å²) in [5, 5.41) is 8.32. The molecule has 1 aliphatic carbocycles. The molecule has 0 aromatic rings. The van der Waals surface area contributed by atoms with Gasteiger partial charge >= 0.3 is 0 Å². The summed E-state index contributed by atoms with van der Waals surface area (Å²) >= 11 is 0. The van der Waals surface area contributed by atoms with E-state index < -0.39 is 0 Å². The summed E-state index contributed by atoms with van der Waals surface area (Å²) in [5.41, 5.74) is 0. The molecule has 0 radical (unpaired) electrons. The van der Waals surface area contributed by atoms with E-state index in [0.717, 1.165) is 12.8 Å². The first-order valence-electron chi connectivity index (χ1n) is 2.83. The summed E-state index contributed by atoms with van der Waals surface area (Å²) in [4.78, 5) is 0. The van der Waals surface area contributed by atoms with Gasteiger partial charge in [0, 0.05) is 23.0 Å². The van der Waals surface area contributed by atoms with Crippen LogP contribution in [-0.4, -0.2) is 0 Å². The topological polar surface area (TPSA) is 23.8 Å². The van der Waals surface area contributed by atoms with Gasteiger partial charge in [0.1, 0.15) is 0 Å². The van der Waals surface area contributed by atoms with Gasteiger partial charge in [0.2, 0.25) is 0 Å². The summed E-state index contributed by atoms with van der Waals surface area (Å²) < 4.78 is 0. The van der Waals surface area contributed by atoms with E-state index in [4.69, 9.17) is 5.26 Å².